The minimum absolute atomic E-state index is 0.0275. The largest absolute Gasteiger partial charge is 0.492 e. The van der Waals surface area contributed by atoms with Crippen LogP contribution in [0.1, 0.15) is 24.2 Å². The Morgan fingerprint density at radius 2 is 1.90 bits per heavy atom. The second-order valence-corrected chi connectivity index (χ2v) is 7.43. The number of pyridine rings is 1. The summed E-state index contributed by atoms with van der Waals surface area (Å²) < 4.78 is 60.6. The number of hydrogen-bond donors (Lipinski definition) is 2. The molecule has 0 unspecified atom stereocenters. The third-order valence-electron chi connectivity index (χ3n) is 4.90. The Kier molecular flexibility index (Phi) is 5.68. The number of hydrogen-bond acceptors (Lipinski definition) is 5. The number of carbonyl (C=O) groups is 1. The summed E-state index contributed by atoms with van der Waals surface area (Å²) in [6.07, 6.45) is -4.09. The molecule has 2 heterocycles. The Morgan fingerprint density at radius 3 is 2.40 bits per heavy atom. The molecule has 2 N–H and O–H groups in total. The van der Waals surface area contributed by atoms with Crippen molar-refractivity contribution in [2.45, 2.75) is 38.7 Å². The minimum Gasteiger partial charge on any atom is -0.492 e. The van der Waals surface area contributed by atoms with E-state index in [1.165, 1.54) is 7.11 Å². The van der Waals surface area contributed by atoms with Crippen LogP contribution >= 0.6 is 0 Å². The third kappa shape index (κ3) is 4.07. The normalized spacial score (nSPS) is 19.9. The van der Waals surface area contributed by atoms with E-state index < -0.39 is 40.9 Å². The van der Waals surface area contributed by atoms with E-state index in [-0.39, 0.29) is 29.0 Å². The maximum atomic E-state index is 15.1. The summed E-state index contributed by atoms with van der Waals surface area (Å²) in [6.45, 7) is 2.92. The van der Waals surface area contributed by atoms with Gasteiger partial charge in [0.2, 0.25) is 5.43 Å². The molecule has 11 heteroatoms. The van der Waals surface area contributed by atoms with E-state index in [0.29, 0.717) is 23.9 Å². The van der Waals surface area contributed by atoms with Crippen molar-refractivity contribution in [3.63, 3.8) is 0 Å². The molecule has 2 atom stereocenters. The number of aromatic carboxylic acids is 1. The van der Waals surface area contributed by atoms with Crippen LogP contribution in [0.4, 0.5) is 23.2 Å². The molecule has 0 spiro atoms. The molecule has 1 aromatic carbocycles. The number of fused-ring (bicyclic) bond motifs is 1. The molecule has 1 saturated heterocycles. The summed E-state index contributed by atoms with van der Waals surface area (Å²) in [5.74, 6) is -2.82. The van der Waals surface area contributed by atoms with Crippen molar-refractivity contribution in [3.8, 4) is 5.75 Å². The van der Waals surface area contributed by atoms with Gasteiger partial charge in [-0.05, 0) is 19.9 Å². The number of alkyl halides is 3. The molecule has 0 radical (unpaired) electrons. The number of piperazine rings is 1. The zero-order valence-electron chi connectivity index (χ0n) is 16.5. The van der Waals surface area contributed by atoms with Gasteiger partial charge in [0.1, 0.15) is 17.8 Å². The molecule has 0 saturated carbocycles. The van der Waals surface area contributed by atoms with Gasteiger partial charge in [-0.15, -0.1) is 0 Å². The Labute approximate surface area is 168 Å². The minimum atomic E-state index is -4.71. The Balaban J connectivity index is 2.37. The van der Waals surface area contributed by atoms with Crippen LogP contribution in [0.25, 0.3) is 10.9 Å². The monoisotopic (exact) mass is 431 g/mol. The SMILES string of the molecule is COc1c(N2C[C@@H](C)N[C@@H](C)C2)c(F)cc2c(=O)c(C(=O)O)cn(CC(F)(F)F)c12. The molecule has 2 aromatic rings. The standard InChI is InChI=1S/C19H21F4N3O4/c1-9-5-25(6-10(2)24-9)15-13(20)4-11-14(17(15)30-3)26(8-19(21,22)23)7-12(16(11)27)18(28)29/h4,7,9-10,24H,5-6,8H2,1-3H3,(H,28,29)/t9-,10+. The number of nitrogens with zero attached hydrogens (tertiary/aromatic N) is 2. The van der Waals surface area contributed by atoms with E-state index in [2.05, 4.69) is 5.32 Å². The molecule has 7 nitrogen and oxygen atoms in total. The summed E-state index contributed by atoms with van der Waals surface area (Å²) in [7, 11) is 1.17. The highest BCUT2D eigenvalue weighted by Gasteiger charge is 2.33. The number of anilines is 1. The smallest absolute Gasteiger partial charge is 0.406 e. The fraction of sp³-hybridized carbons (Fsp3) is 0.474. The number of aromatic nitrogens is 1. The zero-order chi connectivity index (χ0) is 22.4. The molecular formula is C19H21F4N3O4. The van der Waals surface area contributed by atoms with Gasteiger partial charge in [0.05, 0.1) is 18.0 Å². The summed E-state index contributed by atoms with van der Waals surface area (Å²) in [5, 5.41) is 12.0. The molecule has 3 rings (SSSR count). The number of carboxylic acids is 1. The maximum Gasteiger partial charge on any atom is 0.406 e. The molecule has 0 bridgehead atoms. The Morgan fingerprint density at radius 1 is 1.30 bits per heavy atom. The second kappa shape index (κ2) is 7.78. The fourth-order valence-corrected chi connectivity index (χ4v) is 3.96. The van der Waals surface area contributed by atoms with E-state index in [1.807, 2.05) is 13.8 Å². The molecule has 1 aliphatic heterocycles. The quantitative estimate of drug-likeness (QED) is 0.725. The first-order valence-electron chi connectivity index (χ1n) is 9.17. The van der Waals surface area contributed by atoms with Crippen molar-refractivity contribution in [2.24, 2.45) is 0 Å². The molecule has 30 heavy (non-hydrogen) atoms. The number of carboxylic acid groups (broad SMARTS) is 1. The summed E-state index contributed by atoms with van der Waals surface area (Å²) >= 11 is 0. The van der Waals surface area contributed by atoms with Crippen LogP contribution < -0.4 is 20.4 Å². The van der Waals surface area contributed by atoms with Crippen molar-refractivity contribution in [1.29, 1.82) is 0 Å². The number of benzene rings is 1. The maximum absolute atomic E-state index is 15.1. The predicted molar refractivity (Wildman–Crippen MR) is 102 cm³/mol. The van der Waals surface area contributed by atoms with Crippen molar-refractivity contribution < 1.29 is 32.2 Å². The average Bonchev–Trinajstić information content (AvgIpc) is 2.60. The highest BCUT2D eigenvalue weighted by molar-refractivity contribution is 5.97. The van der Waals surface area contributed by atoms with Gasteiger partial charge in [0.25, 0.3) is 0 Å². The van der Waals surface area contributed by atoms with E-state index in [9.17, 15) is 27.9 Å². The second-order valence-electron chi connectivity index (χ2n) is 7.43. The predicted octanol–water partition coefficient (Wildman–Crippen LogP) is 2.60. The Hall–Kier alpha value is -2.82. The molecule has 1 fully saturated rings. The average molecular weight is 431 g/mol. The van der Waals surface area contributed by atoms with Crippen LogP contribution in [0.5, 0.6) is 5.75 Å². The van der Waals surface area contributed by atoms with Gasteiger partial charge in [-0.2, -0.15) is 13.2 Å². The van der Waals surface area contributed by atoms with Gasteiger partial charge in [0.15, 0.2) is 11.6 Å². The fourth-order valence-electron chi connectivity index (χ4n) is 3.96. The topological polar surface area (TPSA) is 83.8 Å². The highest BCUT2D eigenvalue weighted by atomic mass is 19.4. The van der Waals surface area contributed by atoms with Gasteiger partial charge < -0.3 is 24.6 Å². The summed E-state index contributed by atoms with van der Waals surface area (Å²) in [5.41, 5.74) is -2.34. The molecule has 1 aromatic heterocycles. The lowest BCUT2D eigenvalue weighted by molar-refractivity contribution is -0.140. The van der Waals surface area contributed by atoms with Gasteiger partial charge in [-0.25, -0.2) is 9.18 Å². The molecule has 0 aliphatic carbocycles. The first-order chi connectivity index (χ1) is 13.9. The van der Waals surface area contributed by atoms with Crippen molar-refractivity contribution in [2.75, 3.05) is 25.1 Å². The van der Waals surface area contributed by atoms with Crippen molar-refractivity contribution in [1.82, 2.24) is 9.88 Å². The van der Waals surface area contributed by atoms with Crippen LogP contribution in [0.2, 0.25) is 0 Å². The van der Waals surface area contributed by atoms with Gasteiger partial charge >= 0.3 is 12.1 Å². The lowest BCUT2D eigenvalue weighted by Gasteiger charge is -2.38. The van der Waals surface area contributed by atoms with Crippen LogP contribution in [-0.4, -0.2) is 54.1 Å². The lowest BCUT2D eigenvalue weighted by atomic mass is 10.1. The number of ether oxygens (including phenoxy) is 1. The van der Waals surface area contributed by atoms with Gasteiger partial charge in [0, 0.05) is 31.4 Å². The molecule has 1 aliphatic rings. The van der Waals surface area contributed by atoms with Crippen LogP contribution in [0, 0.1) is 5.82 Å². The van der Waals surface area contributed by atoms with E-state index in [0.717, 1.165) is 6.07 Å². The number of rotatable bonds is 4. The lowest BCUT2D eigenvalue weighted by Crippen LogP contribution is -2.54. The van der Waals surface area contributed by atoms with E-state index >= 15 is 4.39 Å². The van der Waals surface area contributed by atoms with Crippen LogP contribution in [-0.2, 0) is 6.54 Å². The zero-order valence-corrected chi connectivity index (χ0v) is 16.5. The highest BCUT2D eigenvalue weighted by Crippen LogP contribution is 2.39. The first kappa shape index (κ1) is 21.9. The molecule has 0 amide bonds. The molecule has 164 valence electrons. The van der Waals surface area contributed by atoms with Crippen LogP contribution in [0.15, 0.2) is 17.1 Å². The molecular weight excluding hydrogens is 410 g/mol. The van der Waals surface area contributed by atoms with Crippen LogP contribution in [0.3, 0.4) is 0 Å². The van der Waals surface area contributed by atoms with Crippen molar-refractivity contribution in [3.05, 3.63) is 33.9 Å². The number of methoxy groups -OCH3 is 1. The summed E-state index contributed by atoms with van der Waals surface area (Å²) in [4.78, 5) is 25.6. The summed E-state index contributed by atoms with van der Waals surface area (Å²) in [6, 6.07) is 0.729. The number of nitrogens with one attached hydrogen (secondary N) is 1. The van der Waals surface area contributed by atoms with Crippen molar-refractivity contribution >= 4 is 22.6 Å². The Bertz CT molecular complexity index is 1040. The number of halogens is 4. The van der Waals surface area contributed by atoms with E-state index in [4.69, 9.17) is 4.74 Å². The van der Waals surface area contributed by atoms with Gasteiger partial charge in [-0.3, -0.25) is 4.79 Å². The van der Waals surface area contributed by atoms with Gasteiger partial charge in [-0.1, -0.05) is 0 Å². The third-order valence-corrected chi connectivity index (χ3v) is 4.90. The first-order valence-corrected chi connectivity index (χ1v) is 9.17. The van der Waals surface area contributed by atoms with E-state index in [1.54, 1.807) is 4.90 Å².